The van der Waals surface area contributed by atoms with Gasteiger partial charge in [-0.25, -0.2) is 9.97 Å². The fourth-order valence-corrected chi connectivity index (χ4v) is 4.03. The molecule has 14 heteroatoms. The number of hydrogen-bond acceptors (Lipinski definition) is 8. The number of phenolic OH excluding ortho intramolecular Hbond substituents is 2. The Morgan fingerprint density at radius 3 is 1.31 bits per heavy atom. The van der Waals surface area contributed by atoms with Gasteiger partial charge in [-0.1, -0.05) is 12.1 Å². The zero-order valence-electron chi connectivity index (χ0n) is 19.6. The lowest BCUT2D eigenvalue weighted by Crippen LogP contribution is -2.54. The molecule has 0 aliphatic rings. The summed E-state index contributed by atoms with van der Waals surface area (Å²) in [6.07, 6.45) is -9.35. The lowest BCUT2D eigenvalue weighted by molar-refractivity contribution is -0.288. The smallest absolute Gasteiger partial charge is 0.411 e. The second kappa shape index (κ2) is 9.78. The second-order valence-corrected chi connectivity index (χ2v) is 8.41. The van der Waals surface area contributed by atoms with E-state index in [1.54, 1.807) is 0 Å². The van der Waals surface area contributed by atoms with E-state index in [1.807, 2.05) is 0 Å². The van der Waals surface area contributed by atoms with Gasteiger partial charge in [0.2, 0.25) is 5.41 Å². The summed E-state index contributed by atoms with van der Waals surface area (Å²) in [4.78, 5) is 7.79. The van der Waals surface area contributed by atoms with Crippen LogP contribution in [0.25, 0.3) is 0 Å². The molecule has 2 aromatic carbocycles. The van der Waals surface area contributed by atoms with Crippen LogP contribution in [0.4, 0.5) is 60.7 Å². The topological polar surface area (TPSA) is 142 Å². The van der Waals surface area contributed by atoms with Crippen LogP contribution in [0.5, 0.6) is 11.5 Å². The SMILES string of the molecule is Nc1ccnc(Nc2cc(C(c3ccc(O)c(Nc4cc(N)ccn4)c3)(C(F)(F)F)C(F)(F)F)ccc2O)c1. The zero-order chi connectivity index (χ0) is 28.6. The fraction of sp³-hybridized carbons (Fsp3) is 0.120. The van der Waals surface area contributed by atoms with Crippen molar-refractivity contribution in [2.45, 2.75) is 17.8 Å². The molecule has 0 saturated heterocycles. The Balaban J connectivity index is 1.92. The number of pyridine rings is 2. The predicted octanol–water partition coefficient (Wildman–Crippen LogP) is 5.95. The van der Waals surface area contributed by atoms with Crippen LogP contribution in [0.3, 0.4) is 0 Å². The van der Waals surface area contributed by atoms with Crippen LogP contribution in [-0.2, 0) is 5.41 Å². The first kappa shape index (κ1) is 27.2. The maximum Gasteiger partial charge on any atom is 0.411 e. The van der Waals surface area contributed by atoms with Gasteiger partial charge < -0.3 is 32.3 Å². The summed E-state index contributed by atoms with van der Waals surface area (Å²) >= 11 is 0. The zero-order valence-corrected chi connectivity index (χ0v) is 19.6. The average Bonchev–Trinajstić information content (AvgIpc) is 2.82. The lowest BCUT2D eigenvalue weighted by atomic mass is 9.72. The molecule has 0 fully saturated rings. The molecule has 0 amide bonds. The van der Waals surface area contributed by atoms with E-state index in [9.17, 15) is 36.6 Å². The number of nitrogens with zero attached hydrogens (tertiary/aromatic N) is 2. The van der Waals surface area contributed by atoms with Crippen LogP contribution in [0.2, 0.25) is 0 Å². The van der Waals surface area contributed by atoms with Crippen molar-refractivity contribution in [3.63, 3.8) is 0 Å². The van der Waals surface area contributed by atoms with Gasteiger partial charge in [0.05, 0.1) is 11.4 Å². The summed E-state index contributed by atoms with van der Waals surface area (Å²) in [5.41, 5.74) is 3.66. The third kappa shape index (κ3) is 5.12. The molecule has 0 atom stereocenters. The molecule has 39 heavy (non-hydrogen) atoms. The monoisotopic (exact) mass is 550 g/mol. The minimum Gasteiger partial charge on any atom is -0.506 e. The number of phenols is 2. The van der Waals surface area contributed by atoms with Crippen molar-refractivity contribution in [3.8, 4) is 11.5 Å². The van der Waals surface area contributed by atoms with Crippen LogP contribution in [0.15, 0.2) is 73.1 Å². The molecule has 2 aromatic heterocycles. The number of alkyl halides is 6. The van der Waals surface area contributed by atoms with Gasteiger partial charge in [-0.2, -0.15) is 26.3 Å². The number of benzene rings is 2. The first-order valence-corrected chi connectivity index (χ1v) is 11.0. The third-order valence-corrected chi connectivity index (χ3v) is 5.80. The summed E-state index contributed by atoms with van der Waals surface area (Å²) in [6, 6.07) is 8.87. The van der Waals surface area contributed by atoms with Crippen LogP contribution in [0.1, 0.15) is 11.1 Å². The van der Waals surface area contributed by atoms with Gasteiger partial charge >= 0.3 is 12.4 Å². The van der Waals surface area contributed by atoms with E-state index in [4.69, 9.17) is 11.5 Å². The minimum absolute atomic E-state index is 0.0298. The van der Waals surface area contributed by atoms with Crippen molar-refractivity contribution in [1.29, 1.82) is 0 Å². The molecule has 8 N–H and O–H groups in total. The fourth-order valence-electron chi connectivity index (χ4n) is 4.03. The Morgan fingerprint density at radius 1 is 0.590 bits per heavy atom. The van der Waals surface area contributed by atoms with E-state index in [2.05, 4.69) is 20.6 Å². The summed E-state index contributed by atoms with van der Waals surface area (Å²) in [5.74, 6) is -1.33. The number of nitrogen functional groups attached to an aromatic ring is 2. The molecule has 0 unspecified atom stereocenters. The molecule has 0 saturated carbocycles. The number of hydrogen-bond donors (Lipinski definition) is 6. The van der Waals surface area contributed by atoms with Crippen molar-refractivity contribution in [1.82, 2.24) is 9.97 Å². The number of rotatable bonds is 6. The lowest BCUT2D eigenvalue weighted by Gasteiger charge is -2.38. The molecule has 0 bridgehead atoms. The summed E-state index contributed by atoms with van der Waals surface area (Å²) < 4.78 is 88.3. The van der Waals surface area contributed by atoms with Gasteiger partial charge in [-0.3, -0.25) is 0 Å². The quantitative estimate of drug-likeness (QED) is 0.128. The van der Waals surface area contributed by atoms with Crippen LogP contribution in [-0.4, -0.2) is 32.5 Å². The highest BCUT2D eigenvalue weighted by Gasteiger charge is 2.72. The van der Waals surface area contributed by atoms with Gasteiger partial charge in [-0.05, 0) is 47.5 Å². The number of anilines is 6. The average molecular weight is 550 g/mol. The first-order chi connectivity index (χ1) is 18.2. The molecule has 2 heterocycles. The van der Waals surface area contributed by atoms with Gasteiger partial charge in [0, 0.05) is 35.9 Å². The Hall–Kier alpha value is -4.88. The number of aromatic hydroxyl groups is 2. The maximum absolute atomic E-state index is 14.7. The molecular formula is C25H20F6N6O2. The molecule has 4 rings (SSSR count). The van der Waals surface area contributed by atoms with Crippen LogP contribution in [0, 0.1) is 0 Å². The van der Waals surface area contributed by atoms with Gasteiger partial charge in [0.1, 0.15) is 23.1 Å². The molecule has 4 aromatic rings. The highest BCUT2D eigenvalue weighted by atomic mass is 19.4. The highest BCUT2D eigenvalue weighted by Crippen LogP contribution is 2.57. The second-order valence-electron chi connectivity index (χ2n) is 8.41. The highest BCUT2D eigenvalue weighted by molar-refractivity contribution is 5.70. The molecule has 204 valence electrons. The predicted molar refractivity (Wildman–Crippen MR) is 133 cm³/mol. The van der Waals surface area contributed by atoms with E-state index in [-0.39, 0.29) is 23.0 Å². The Bertz CT molecular complexity index is 1400. The summed E-state index contributed by atoms with van der Waals surface area (Å²) in [7, 11) is 0. The molecule has 0 spiro atoms. The van der Waals surface area contributed by atoms with Crippen LogP contribution >= 0.6 is 0 Å². The van der Waals surface area contributed by atoms with E-state index >= 15 is 0 Å². The number of halogens is 6. The van der Waals surface area contributed by atoms with Crippen LogP contribution < -0.4 is 22.1 Å². The van der Waals surface area contributed by atoms with E-state index in [1.165, 1.54) is 36.7 Å². The van der Waals surface area contributed by atoms with Crippen molar-refractivity contribution in [2.75, 3.05) is 22.1 Å². The Labute approximate surface area is 216 Å². The normalized spacial score (nSPS) is 12.3. The third-order valence-electron chi connectivity index (χ3n) is 5.80. The molecule has 0 aliphatic carbocycles. The van der Waals surface area contributed by atoms with E-state index < -0.39 is 51.8 Å². The van der Waals surface area contributed by atoms with Crippen molar-refractivity contribution >= 4 is 34.4 Å². The molecule has 0 aliphatic heterocycles. The standard InChI is InChI=1S/C25H20F6N6O2/c26-24(27,28)23(25(29,30)31,13-1-3-19(38)17(9-13)36-21-11-15(32)5-7-34-21)14-2-4-20(39)18(10-14)37-22-12-16(33)6-8-35-22/h1-12,38-39H,(H3,32,34,36)(H3,33,35,37). The largest absolute Gasteiger partial charge is 0.506 e. The summed E-state index contributed by atoms with van der Waals surface area (Å²) in [5, 5.41) is 25.4. The van der Waals surface area contributed by atoms with Gasteiger partial charge in [0.25, 0.3) is 0 Å². The van der Waals surface area contributed by atoms with E-state index in [0.717, 1.165) is 0 Å². The van der Waals surface area contributed by atoms with Crippen molar-refractivity contribution in [2.24, 2.45) is 0 Å². The number of aromatic nitrogens is 2. The van der Waals surface area contributed by atoms with Gasteiger partial charge in [0.15, 0.2) is 0 Å². The Morgan fingerprint density at radius 2 is 0.974 bits per heavy atom. The molecule has 0 radical (unpaired) electrons. The first-order valence-electron chi connectivity index (χ1n) is 11.0. The van der Waals surface area contributed by atoms with Gasteiger partial charge in [-0.15, -0.1) is 0 Å². The molecular weight excluding hydrogens is 530 g/mol. The van der Waals surface area contributed by atoms with Crippen molar-refractivity contribution in [3.05, 3.63) is 84.2 Å². The number of nitrogens with one attached hydrogen (secondary N) is 2. The Kier molecular flexibility index (Phi) is 6.81. The van der Waals surface area contributed by atoms with Crippen molar-refractivity contribution < 1.29 is 36.6 Å². The number of nitrogens with two attached hydrogens (primary N) is 2. The van der Waals surface area contributed by atoms with E-state index in [0.29, 0.717) is 36.4 Å². The summed E-state index contributed by atoms with van der Waals surface area (Å²) in [6.45, 7) is 0. The molecule has 8 nitrogen and oxygen atoms in total. The minimum atomic E-state index is -5.93. The maximum atomic E-state index is 14.7.